The standard InChI is InChI=1S/C14H18Cl2N2O/c1-10(19)17-7-12-4-5-18(9-12)8-11-2-3-13(15)14(16)6-11/h2-3,6,12H,4-5,7-9H2,1H3,(H,17,19)/t12-/m0/s1. The average Bonchev–Trinajstić information content (AvgIpc) is 2.79. The van der Waals surface area contributed by atoms with Gasteiger partial charge in [-0.2, -0.15) is 0 Å². The van der Waals surface area contributed by atoms with Crippen LogP contribution in [0.15, 0.2) is 18.2 Å². The van der Waals surface area contributed by atoms with Crippen LogP contribution in [0.1, 0.15) is 18.9 Å². The predicted octanol–water partition coefficient (Wildman–Crippen LogP) is 2.95. The highest BCUT2D eigenvalue weighted by Crippen LogP contribution is 2.24. The maximum absolute atomic E-state index is 10.9. The number of hydrogen-bond donors (Lipinski definition) is 1. The van der Waals surface area contributed by atoms with Gasteiger partial charge in [-0.05, 0) is 36.6 Å². The Morgan fingerprint density at radius 2 is 2.21 bits per heavy atom. The molecule has 0 aromatic heterocycles. The molecule has 1 heterocycles. The summed E-state index contributed by atoms with van der Waals surface area (Å²) in [7, 11) is 0. The average molecular weight is 301 g/mol. The van der Waals surface area contributed by atoms with Crippen molar-refractivity contribution in [3.63, 3.8) is 0 Å². The van der Waals surface area contributed by atoms with E-state index < -0.39 is 0 Å². The summed E-state index contributed by atoms with van der Waals surface area (Å²) in [5.41, 5.74) is 1.18. The normalized spacial score (nSPS) is 19.6. The zero-order valence-electron chi connectivity index (χ0n) is 11.0. The van der Waals surface area contributed by atoms with Crippen LogP contribution in [0.5, 0.6) is 0 Å². The molecular weight excluding hydrogens is 283 g/mol. The van der Waals surface area contributed by atoms with Crippen molar-refractivity contribution in [3.05, 3.63) is 33.8 Å². The van der Waals surface area contributed by atoms with Crippen molar-refractivity contribution >= 4 is 29.1 Å². The fourth-order valence-corrected chi connectivity index (χ4v) is 2.73. The molecule has 0 bridgehead atoms. The quantitative estimate of drug-likeness (QED) is 0.927. The Kier molecular flexibility index (Phi) is 5.08. The Morgan fingerprint density at radius 3 is 2.89 bits per heavy atom. The zero-order valence-corrected chi connectivity index (χ0v) is 12.5. The Bertz CT molecular complexity index is 465. The van der Waals surface area contributed by atoms with Gasteiger partial charge in [0.1, 0.15) is 0 Å². The van der Waals surface area contributed by atoms with E-state index in [0.29, 0.717) is 16.0 Å². The third kappa shape index (κ3) is 4.37. The first kappa shape index (κ1) is 14.6. The van der Waals surface area contributed by atoms with Crippen molar-refractivity contribution in [1.82, 2.24) is 10.2 Å². The molecule has 1 N–H and O–H groups in total. The number of nitrogens with zero attached hydrogens (tertiary/aromatic N) is 1. The number of rotatable bonds is 4. The second-order valence-corrected chi connectivity index (χ2v) is 5.89. The molecule has 0 unspecified atom stereocenters. The van der Waals surface area contributed by atoms with Crippen LogP contribution in [0, 0.1) is 5.92 Å². The molecule has 2 rings (SSSR count). The summed E-state index contributed by atoms with van der Waals surface area (Å²) in [6.07, 6.45) is 1.13. The molecule has 0 aliphatic carbocycles. The molecule has 1 atom stereocenters. The lowest BCUT2D eigenvalue weighted by atomic mass is 10.1. The third-order valence-corrected chi connectivity index (χ3v) is 4.14. The van der Waals surface area contributed by atoms with Gasteiger partial charge in [0.2, 0.25) is 5.91 Å². The molecule has 0 radical (unpaired) electrons. The van der Waals surface area contributed by atoms with E-state index in [4.69, 9.17) is 23.2 Å². The van der Waals surface area contributed by atoms with Gasteiger partial charge < -0.3 is 5.32 Å². The van der Waals surface area contributed by atoms with Crippen molar-refractivity contribution in [2.45, 2.75) is 19.9 Å². The van der Waals surface area contributed by atoms with E-state index in [0.717, 1.165) is 32.6 Å². The van der Waals surface area contributed by atoms with Gasteiger partial charge >= 0.3 is 0 Å². The van der Waals surface area contributed by atoms with Gasteiger partial charge in [0.05, 0.1) is 10.0 Å². The molecule has 3 nitrogen and oxygen atoms in total. The van der Waals surface area contributed by atoms with E-state index >= 15 is 0 Å². The molecule has 1 aromatic rings. The van der Waals surface area contributed by atoms with Crippen LogP contribution in [0.4, 0.5) is 0 Å². The molecule has 0 saturated carbocycles. The van der Waals surface area contributed by atoms with Crippen molar-refractivity contribution in [2.24, 2.45) is 5.92 Å². The van der Waals surface area contributed by atoms with Gasteiger partial charge in [-0.25, -0.2) is 0 Å². The zero-order chi connectivity index (χ0) is 13.8. The monoisotopic (exact) mass is 300 g/mol. The summed E-state index contributed by atoms with van der Waals surface area (Å²) < 4.78 is 0. The van der Waals surface area contributed by atoms with Gasteiger partial charge in [0, 0.05) is 26.6 Å². The molecule has 1 aliphatic heterocycles. The Labute approximate surface area is 123 Å². The molecule has 5 heteroatoms. The van der Waals surface area contributed by atoms with E-state index in [-0.39, 0.29) is 5.91 Å². The number of likely N-dealkylation sites (tertiary alicyclic amines) is 1. The number of benzene rings is 1. The second-order valence-electron chi connectivity index (χ2n) is 5.08. The molecule has 1 aromatic carbocycles. The van der Waals surface area contributed by atoms with Crippen molar-refractivity contribution in [1.29, 1.82) is 0 Å². The second kappa shape index (κ2) is 6.60. The van der Waals surface area contributed by atoms with Crippen molar-refractivity contribution in [3.8, 4) is 0 Å². The molecule has 1 aliphatic rings. The SMILES string of the molecule is CC(=O)NC[C@@H]1CCN(Cc2ccc(Cl)c(Cl)c2)C1. The molecule has 1 amide bonds. The van der Waals surface area contributed by atoms with Gasteiger partial charge in [-0.15, -0.1) is 0 Å². The number of nitrogens with one attached hydrogen (secondary N) is 1. The van der Waals surface area contributed by atoms with E-state index in [1.165, 1.54) is 5.56 Å². The van der Waals surface area contributed by atoms with E-state index in [2.05, 4.69) is 10.2 Å². The molecule has 1 saturated heterocycles. The van der Waals surface area contributed by atoms with Crippen LogP contribution in [0.3, 0.4) is 0 Å². The summed E-state index contributed by atoms with van der Waals surface area (Å²) in [5, 5.41) is 4.08. The first-order valence-corrected chi connectivity index (χ1v) is 7.21. The van der Waals surface area contributed by atoms with Gasteiger partial charge in [0.15, 0.2) is 0 Å². The predicted molar refractivity (Wildman–Crippen MR) is 78.5 cm³/mol. The summed E-state index contributed by atoms with van der Waals surface area (Å²) in [4.78, 5) is 13.3. The van der Waals surface area contributed by atoms with E-state index in [1.807, 2.05) is 18.2 Å². The van der Waals surface area contributed by atoms with E-state index in [1.54, 1.807) is 6.92 Å². The smallest absolute Gasteiger partial charge is 0.216 e. The summed E-state index contributed by atoms with van der Waals surface area (Å²) in [6, 6.07) is 5.77. The molecule has 1 fully saturated rings. The summed E-state index contributed by atoms with van der Waals surface area (Å²) in [5.74, 6) is 0.592. The lowest BCUT2D eigenvalue weighted by Crippen LogP contribution is -2.29. The number of hydrogen-bond acceptors (Lipinski definition) is 2. The summed E-state index contributed by atoms with van der Waals surface area (Å²) in [6.45, 7) is 5.29. The Hall–Kier alpha value is -0.770. The first-order valence-electron chi connectivity index (χ1n) is 6.45. The largest absolute Gasteiger partial charge is 0.356 e. The maximum atomic E-state index is 10.9. The summed E-state index contributed by atoms with van der Waals surface area (Å²) >= 11 is 11.9. The highest BCUT2D eigenvalue weighted by atomic mass is 35.5. The Morgan fingerprint density at radius 1 is 1.42 bits per heavy atom. The topological polar surface area (TPSA) is 32.3 Å². The molecule has 0 spiro atoms. The fourth-order valence-electron chi connectivity index (χ4n) is 2.41. The van der Waals surface area contributed by atoms with Crippen LogP contribution in [-0.2, 0) is 11.3 Å². The number of carbonyl (C=O) groups is 1. The Balaban J connectivity index is 1.84. The van der Waals surface area contributed by atoms with E-state index in [9.17, 15) is 4.79 Å². The van der Waals surface area contributed by atoms with Crippen LogP contribution < -0.4 is 5.32 Å². The highest BCUT2D eigenvalue weighted by Gasteiger charge is 2.22. The number of halogens is 2. The molecule has 104 valence electrons. The number of amides is 1. The van der Waals surface area contributed by atoms with Crippen molar-refractivity contribution < 1.29 is 4.79 Å². The minimum absolute atomic E-state index is 0.0444. The third-order valence-electron chi connectivity index (χ3n) is 3.40. The number of carbonyl (C=O) groups excluding carboxylic acids is 1. The van der Waals surface area contributed by atoms with Crippen LogP contribution in [-0.4, -0.2) is 30.4 Å². The minimum Gasteiger partial charge on any atom is -0.356 e. The lowest BCUT2D eigenvalue weighted by molar-refractivity contribution is -0.119. The van der Waals surface area contributed by atoms with Crippen LogP contribution in [0.25, 0.3) is 0 Å². The lowest BCUT2D eigenvalue weighted by Gasteiger charge is -2.16. The van der Waals surface area contributed by atoms with Gasteiger partial charge in [0.25, 0.3) is 0 Å². The fraction of sp³-hybridized carbons (Fsp3) is 0.500. The van der Waals surface area contributed by atoms with Crippen molar-refractivity contribution in [2.75, 3.05) is 19.6 Å². The van der Waals surface area contributed by atoms with Gasteiger partial charge in [-0.1, -0.05) is 29.3 Å². The maximum Gasteiger partial charge on any atom is 0.216 e. The highest BCUT2D eigenvalue weighted by molar-refractivity contribution is 6.42. The van der Waals surface area contributed by atoms with Crippen LogP contribution >= 0.6 is 23.2 Å². The molecular formula is C14H18Cl2N2O. The van der Waals surface area contributed by atoms with Crippen LogP contribution in [0.2, 0.25) is 10.0 Å². The molecule has 19 heavy (non-hydrogen) atoms. The van der Waals surface area contributed by atoms with Gasteiger partial charge in [-0.3, -0.25) is 9.69 Å². The minimum atomic E-state index is 0.0444. The first-order chi connectivity index (χ1) is 9.04.